The van der Waals surface area contributed by atoms with Gasteiger partial charge in [0.1, 0.15) is 0 Å². The van der Waals surface area contributed by atoms with Gasteiger partial charge in [0.2, 0.25) is 0 Å². The summed E-state index contributed by atoms with van der Waals surface area (Å²) < 4.78 is 4.66. The number of hydrogen-bond donors (Lipinski definition) is 2. The molecule has 12 heavy (non-hydrogen) atoms. The second-order valence-electron chi connectivity index (χ2n) is 2.29. The molecule has 1 unspecified atom stereocenters. The van der Waals surface area contributed by atoms with Gasteiger partial charge in [0.15, 0.2) is 0 Å². The summed E-state index contributed by atoms with van der Waals surface area (Å²) in [7, 11) is 0. The van der Waals surface area contributed by atoms with E-state index in [2.05, 4.69) is 4.74 Å². The maximum atomic E-state index is 10.7. The van der Waals surface area contributed by atoms with Crippen molar-refractivity contribution in [2.75, 3.05) is 13.2 Å². The van der Waals surface area contributed by atoms with E-state index in [0.717, 1.165) is 0 Å². The van der Waals surface area contributed by atoms with Crippen LogP contribution < -0.4 is 0 Å². The molecule has 0 saturated heterocycles. The lowest BCUT2D eigenvalue weighted by atomic mass is 10.3. The predicted octanol–water partition coefficient (Wildman–Crippen LogP) is -0.151. The number of hydrogen-bond acceptors (Lipinski definition) is 4. The van der Waals surface area contributed by atoms with Gasteiger partial charge in [0, 0.05) is 12.5 Å². The average molecular weight is 174 g/mol. The van der Waals surface area contributed by atoms with Crippen LogP contribution in [-0.4, -0.2) is 35.5 Å². The molecule has 0 bridgehead atoms. The Kier molecular flexibility index (Phi) is 6.32. The van der Waals surface area contributed by atoms with E-state index in [4.69, 9.17) is 10.2 Å². The van der Waals surface area contributed by atoms with E-state index in [0.29, 0.717) is 0 Å². The number of aliphatic hydroxyl groups is 2. The number of carbonyl (C=O) groups is 1. The van der Waals surface area contributed by atoms with Gasteiger partial charge < -0.3 is 14.9 Å². The molecular weight excluding hydrogens is 160 g/mol. The molecule has 0 aromatic heterocycles. The zero-order valence-electron chi connectivity index (χ0n) is 7.06. The topological polar surface area (TPSA) is 66.8 Å². The number of aliphatic hydroxyl groups excluding tert-OH is 2. The van der Waals surface area contributed by atoms with Crippen molar-refractivity contribution in [3.05, 3.63) is 12.2 Å². The quantitative estimate of drug-likeness (QED) is 0.449. The van der Waals surface area contributed by atoms with Crippen molar-refractivity contribution in [1.29, 1.82) is 0 Å². The summed E-state index contributed by atoms with van der Waals surface area (Å²) in [5.41, 5.74) is 0. The molecule has 0 aromatic rings. The number of ether oxygens (including phenoxy) is 1. The van der Waals surface area contributed by atoms with Crippen LogP contribution in [0, 0.1) is 0 Å². The number of esters is 1. The summed E-state index contributed by atoms with van der Waals surface area (Å²) in [6.07, 6.45) is 2.33. The van der Waals surface area contributed by atoms with Gasteiger partial charge in [-0.25, -0.2) is 4.79 Å². The van der Waals surface area contributed by atoms with Crippen molar-refractivity contribution < 1.29 is 19.7 Å². The molecule has 0 fully saturated rings. The minimum Gasteiger partial charge on any atom is -0.462 e. The summed E-state index contributed by atoms with van der Waals surface area (Å²) in [5.74, 6) is -0.428. The first-order valence-corrected chi connectivity index (χ1v) is 3.79. The zero-order valence-corrected chi connectivity index (χ0v) is 7.06. The Labute approximate surface area is 71.5 Å². The van der Waals surface area contributed by atoms with Crippen LogP contribution in [0.1, 0.15) is 13.3 Å². The van der Waals surface area contributed by atoms with Crippen LogP contribution in [0.25, 0.3) is 0 Å². The monoisotopic (exact) mass is 174 g/mol. The van der Waals surface area contributed by atoms with Gasteiger partial charge in [0.25, 0.3) is 0 Å². The van der Waals surface area contributed by atoms with E-state index < -0.39 is 12.1 Å². The van der Waals surface area contributed by atoms with Crippen LogP contribution in [0.5, 0.6) is 0 Å². The normalized spacial score (nSPS) is 13.2. The fraction of sp³-hybridized carbons (Fsp3) is 0.625. The Morgan fingerprint density at radius 3 is 2.83 bits per heavy atom. The van der Waals surface area contributed by atoms with E-state index in [1.807, 2.05) is 0 Å². The molecular formula is C8H14O4. The Balaban J connectivity index is 3.37. The molecule has 0 heterocycles. The highest BCUT2D eigenvalue weighted by Gasteiger charge is 2.02. The highest BCUT2D eigenvalue weighted by molar-refractivity contribution is 5.81. The van der Waals surface area contributed by atoms with Crippen molar-refractivity contribution in [2.24, 2.45) is 0 Å². The predicted molar refractivity (Wildman–Crippen MR) is 43.5 cm³/mol. The van der Waals surface area contributed by atoms with Gasteiger partial charge in [-0.2, -0.15) is 0 Å². The lowest BCUT2D eigenvalue weighted by molar-refractivity contribution is -0.138. The Morgan fingerprint density at radius 2 is 2.33 bits per heavy atom. The molecule has 0 rings (SSSR count). The highest BCUT2D eigenvalue weighted by atomic mass is 16.5. The van der Waals surface area contributed by atoms with E-state index >= 15 is 0 Å². The van der Waals surface area contributed by atoms with Crippen molar-refractivity contribution in [3.8, 4) is 0 Å². The van der Waals surface area contributed by atoms with Crippen molar-refractivity contribution in [2.45, 2.75) is 19.4 Å². The van der Waals surface area contributed by atoms with Gasteiger partial charge in [0.05, 0.1) is 19.3 Å². The molecule has 0 aromatic carbocycles. The summed E-state index contributed by atoms with van der Waals surface area (Å²) in [4.78, 5) is 10.7. The molecule has 4 nitrogen and oxygen atoms in total. The first kappa shape index (κ1) is 11.1. The summed E-state index contributed by atoms with van der Waals surface area (Å²) >= 11 is 0. The van der Waals surface area contributed by atoms with Crippen LogP contribution in [0.2, 0.25) is 0 Å². The minimum atomic E-state index is -0.802. The Morgan fingerprint density at radius 1 is 1.67 bits per heavy atom. The van der Waals surface area contributed by atoms with Gasteiger partial charge in [-0.1, -0.05) is 6.08 Å². The molecule has 0 saturated carbocycles. The zero-order chi connectivity index (χ0) is 9.40. The molecule has 0 aliphatic heterocycles. The van der Waals surface area contributed by atoms with E-state index in [1.54, 1.807) is 13.0 Å². The highest BCUT2D eigenvalue weighted by Crippen LogP contribution is 1.91. The number of allylic oxidation sites excluding steroid dienone is 1. The third-order valence-corrected chi connectivity index (χ3v) is 1.21. The molecule has 70 valence electrons. The second-order valence-corrected chi connectivity index (χ2v) is 2.29. The molecule has 4 heteroatoms. The maximum Gasteiger partial charge on any atom is 0.330 e. The SMILES string of the molecule is C/C=C\C(=O)OCCC(O)CO. The van der Waals surface area contributed by atoms with E-state index in [9.17, 15) is 4.79 Å². The molecule has 0 radical (unpaired) electrons. The minimum absolute atomic E-state index is 0.130. The lowest BCUT2D eigenvalue weighted by Gasteiger charge is -2.05. The van der Waals surface area contributed by atoms with Crippen LogP contribution in [0.4, 0.5) is 0 Å². The molecule has 2 N–H and O–H groups in total. The summed E-state index contributed by atoms with van der Waals surface area (Å²) in [6, 6.07) is 0. The third kappa shape index (κ3) is 5.88. The molecule has 1 atom stereocenters. The van der Waals surface area contributed by atoms with E-state index in [-0.39, 0.29) is 19.6 Å². The van der Waals surface area contributed by atoms with Crippen LogP contribution in [-0.2, 0) is 9.53 Å². The van der Waals surface area contributed by atoms with Crippen molar-refractivity contribution in [3.63, 3.8) is 0 Å². The molecule has 0 aliphatic rings. The lowest BCUT2D eigenvalue weighted by Crippen LogP contribution is -2.15. The first-order chi connectivity index (χ1) is 5.70. The maximum absolute atomic E-state index is 10.7. The van der Waals surface area contributed by atoms with Crippen LogP contribution in [0.15, 0.2) is 12.2 Å². The van der Waals surface area contributed by atoms with Gasteiger partial charge in [-0.3, -0.25) is 0 Å². The third-order valence-electron chi connectivity index (χ3n) is 1.21. The van der Waals surface area contributed by atoms with Gasteiger partial charge in [-0.15, -0.1) is 0 Å². The van der Waals surface area contributed by atoms with Crippen LogP contribution in [0.3, 0.4) is 0 Å². The van der Waals surface area contributed by atoms with Gasteiger partial charge in [-0.05, 0) is 6.92 Å². The molecule has 0 amide bonds. The van der Waals surface area contributed by atoms with Gasteiger partial charge >= 0.3 is 5.97 Å². The van der Waals surface area contributed by atoms with Crippen molar-refractivity contribution in [1.82, 2.24) is 0 Å². The standard InChI is InChI=1S/C8H14O4/c1-2-3-8(11)12-5-4-7(10)6-9/h2-3,7,9-10H,4-6H2,1H3/b3-2-. The van der Waals surface area contributed by atoms with Crippen LogP contribution >= 0.6 is 0 Å². The smallest absolute Gasteiger partial charge is 0.330 e. The van der Waals surface area contributed by atoms with E-state index in [1.165, 1.54) is 6.08 Å². The summed E-state index contributed by atoms with van der Waals surface area (Å²) in [6.45, 7) is 1.54. The number of carbonyl (C=O) groups excluding carboxylic acids is 1. The number of rotatable bonds is 5. The fourth-order valence-electron chi connectivity index (χ4n) is 0.571. The molecule has 0 aliphatic carbocycles. The largest absolute Gasteiger partial charge is 0.462 e. The first-order valence-electron chi connectivity index (χ1n) is 3.79. The van der Waals surface area contributed by atoms with Crippen molar-refractivity contribution >= 4 is 5.97 Å². The summed E-state index contributed by atoms with van der Waals surface area (Å²) in [5, 5.41) is 17.2. The fourth-order valence-corrected chi connectivity index (χ4v) is 0.571. The Bertz CT molecular complexity index is 153. The average Bonchev–Trinajstić information content (AvgIpc) is 2.04. The molecule has 0 spiro atoms. The second kappa shape index (κ2) is 6.82. The Hall–Kier alpha value is -0.870.